The molecule has 0 spiro atoms. The Morgan fingerprint density at radius 3 is 2.46 bits per heavy atom. The molecule has 0 radical (unpaired) electrons. The second-order valence-electron chi connectivity index (χ2n) is 6.89. The van der Waals surface area contributed by atoms with Crippen molar-refractivity contribution in [2.45, 2.75) is 27.7 Å². The fourth-order valence-electron chi connectivity index (χ4n) is 3.10. The first-order chi connectivity index (χ1) is 13.4. The molecule has 0 N–H and O–H groups in total. The molecule has 0 atom stereocenters. The second kappa shape index (κ2) is 9.03. The molecule has 3 rings (SSSR count). The van der Waals surface area contributed by atoms with Crippen molar-refractivity contribution in [3.63, 3.8) is 0 Å². The molecule has 0 saturated carbocycles. The molecule has 148 valence electrons. The molecule has 0 saturated heterocycles. The molecule has 0 bridgehead atoms. The molecule has 3 aromatic rings. The van der Waals surface area contributed by atoms with E-state index in [4.69, 9.17) is 16.6 Å². The Morgan fingerprint density at radius 1 is 1.04 bits per heavy atom. The van der Waals surface area contributed by atoms with E-state index in [0.717, 1.165) is 35.4 Å². The molecule has 0 unspecified atom stereocenters. The van der Waals surface area contributed by atoms with Crippen molar-refractivity contribution in [3.8, 4) is 0 Å². The lowest BCUT2D eigenvalue weighted by Crippen LogP contribution is -2.38. The Bertz CT molecular complexity index is 981. The van der Waals surface area contributed by atoms with E-state index in [9.17, 15) is 4.79 Å². The molecular weight excluding hydrogens is 390 g/mol. The lowest BCUT2D eigenvalue weighted by Gasteiger charge is -2.25. The van der Waals surface area contributed by atoms with Crippen LogP contribution in [0.5, 0.6) is 0 Å². The van der Waals surface area contributed by atoms with Crippen LogP contribution in [0.2, 0.25) is 5.02 Å². The molecular formula is C22H26ClN3OS. The van der Waals surface area contributed by atoms with Crippen molar-refractivity contribution >= 4 is 44.2 Å². The van der Waals surface area contributed by atoms with Gasteiger partial charge in [-0.2, -0.15) is 0 Å². The van der Waals surface area contributed by atoms with Crippen LogP contribution < -0.4 is 4.90 Å². The molecule has 4 nitrogen and oxygen atoms in total. The van der Waals surface area contributed by atoms with Gasteiger partial charge in [-0.25, -0.2) is 4.98 Å². The molecule has 0 fully saturated rings. The smallest absolute Gasteiger partial charge is 0.260 e. The number of hydrogen-bond donors (Lipinski definition) is 0. The average molecular weight is 416 g/mol. The summed E-state index contributed by atoms with van der Waals surface area (Å²) in [5, 5.41) is 1.39. The van der Waals surface area contributed by atoms with Crippen molar-refractivity contribution in [1.29, 1.82) is 0 Å². The van der Waals surface area contributed by atoms with E-state index in [1.165, 1.54) is 16.9 Å². The molecule has 2 aromatic carbocycles. The van der Waals surface area contributed by atoms with Gasteiger partial charge in [0.2, 0.25) is 0 Å². The van der Waals surface area contributed by atoms with Crippen LogP contribution >= 0.6 is 22.9 Å². The quantitative estimate of drug-likeness (QED) is 0.507. The summed E-state index contributed by atoms with van der Waals surface area (Å²) >= 11 is 7.64. The second-order valence-corrected chi connectivity index (χ2v) is 8.34. The van der Waals surface area contributed by atoms with Gasteiger partial charge in [-0.3, -0.25) is 9.69 Å². The molecule has 1 amide bonds. The van der Waals surface area contributed by atoms with Crippen molar-refractivity contribution < 1.29 is 4.79 Å². The van der Waals surface area contributed by atoms with Gasteiger partial charge >= 0.3 is 0 Å². The van der Waals surface area contributed by atoms with Crippen LogP contribution in [0.1, 0.15) is 35.3 Å². The van der Waals surface area contributed by atoms with E-state index in [1.54, 1.807) is 4.90 Å². The molecule has 0 aliphatic heterocycles. The van der Waals surface area contributed by atoms with Gasteiger partial charge in [0.05, 0.1) is 10.2 Å². The third kappa shape index (κ3) is 4.54. The van der Waals surface area contributed by atoms with E-state index in [0.29, 0.717) is 22.3 Å². The topological polar surface area (TPSA) is 36.4 Å². The first-order valence-electron chi connectivity index (χ1n) is 9.60. The standard InChI is InChI=1S/C22H26ClN3OS/c1-5-25(6-2)11-12-26(21(27)17-8-7-15(3)16(4)13-17)22-24-19-10-9-18(23)14-20(19)28-22/h7-10,13-14H,5-6,11-12H2,1-4H3. The minimum atomic E-state index is -0.0135. The Balaban J connectivity index is 1.97. The summed E-state index contributed by atoms with van der Waals surface area (Å²) in [6, 6.07) is 11.5. The highest BCUT2D eigenvalue weighted by atomic mass is 35.5. The fraction of sp³-hybridized carbons (Fsp3) is 0.364. The highest BCUT2D eigenvalue weighted by molar-refractivity contribution is 7.22. The predicted octanol–water partition coefficient (Wildman–Crippen LogP) is 5.56. The number of likely N-dealkylation sites (N-methyl/N-ethyl adjacent to an activating group) is 1. The number of carbonyl (C=O) groups excluding carboxylic acids is 1. The monoisotopic (exact) mass is 415 g/mol. The van der Waals surface area contributed by atoms with Crippen molar-refractivity contribution in [2.75, 3.05) is 31.1 Å². The van der Waals surface area contributed by atoms with E-state index in [1.807, 2.05) is 43.3 Å². The van der Waals surface area contributed by atoms with Gasteiger partial charge in [-0.05, 0) is 68.4 Å². The largest absolute Gasteiger partial charge is 0.302 e. The van der Waals surface area contributed by atoms with E-state index in [2.05, 4.69) is 25.7 Å². The number of aryl methyl sites for hydroxylation is 2. The predicted molar refractivity (Wildman–Crippen MR) is 120 cm³/mol. The molecule has 0 aliphatic carbocycles. The Hall–Kier alpha value is -1.95. The maximum atomic E-state index is 13.4. The minimum Gasteiger partial charge on any atom is -0.302 e. The molecule has 6 heteroatoms. The molecule has 1 heterocycles. The van der Waals surface area contributed by atoms with Crippen LogP contribution in [0.25, 0.3) is 10.2 Å². The lowest BCUT2D eigenvalue weighted by atomic mass is 10.1. The number of anilines is 1. The number of rotatable bonds is 7. The lowest BCUT2D eigenvalue weighted by molar-refractivity contribution is 0.0983. The molecule has 0 aliphatic rings. The zero-order chi connectivity index (χ0) is 20.3. The zero-order valence-electron chi connectivity index (χ0n) is 16.8. The van der Waals surface area contributed by atoms with Gasteiger partial charge in [0.1, 0.15) is 0 Å². The number of halogens is 1. The number of aromatic nitrogens is 1. The number of fused-ring (bicyclic) bond motifs is 1. The van der Waals surface area contributed by atoms with E-state index in [-0.39, 0.29) is 5.91 Å². The number of amides is 1. The molecule has 28 heavy (non-hydrogen) atoms. The van der Waals surface area contributed by atoms with E-state index < -0.39 is 0 Å². The summed E-state index contributed by atoms with van der Waals surface area (Å²) in [5.74, 6) is -0.0135. The SMILES string of the molecule is CCN(CC)CCN(C(=O)c1ccc(C)c(C)c1)c1nc2ccc(Cl)cc2s1. The van der Waals surface area contributed by atoms with Crippen molar-refractivity contribution in [2.24, 2.45) is 0 Å². The third-order valence-corrected chi connectivity index (χ3v) is 6.38. The average Bonchev–Trinajstić information content (AvgIpc) is 3.09. The van der Waals surface area contributed by atoms with Gasteiger partial charge < -0.3 is 4.90 Å². The first kappa shape index (κ1) is 20.8. The maximum absolute atomic E-state index is 13.4. The zero-order valence-corrected chi connectivity index (χ0v) is 18.4. The van der Waals surface area contributed by atoms with Gasteiger partial charge in [0, 0.05) is 23.7 Å². The number of thiazole rings is 1. The molecule has 1 aromatic heterocycles. The highest BCUT2D eigenvalue weighted by Gasteiger charge is 2.22. The summed E-state index contributed by atoms with van der Waals surface area (Å²) in [6.07, 6.45) is 0. The minimum absolute atomic E-state index is 0.0135. The number of carbonyl (C=O) groups is 1. The van der Waals surface area contributed by atoms with Crippen LogP contribution in [0.15, 0.2) is 36.4 Å². The summed E-state index contributed by atoms with van der Waals surface area (Å²) < 4.78 is 0.989. The number of nitrogens with zero attached hydrogens (tertiary/aromatic N) is 3. The summed E-state index contributed by atoms with van der Waals surface area (Å²) in [4.78, 5) is 22.2. The van der Waals surface area contributed by atoms with Crippen LogP contribution in [-0.2, 0) is 0 Å². The summed E-state index contributed by atoms with van der Waals surface area (Å²) in [7, 11) is 0. The Morgan fingerprint density at radius 2 is 1.79 bits per heavy atom. The normalized spacial score (nSPS) is 11.4. The Kier molecular flexibility index (Phi) is 6.70. The van der Waals surface area contributed by atoms with Crippen molar-refractivity contribution in [3.05, 3.63) is 58.1 Å². The third-order valence-electron chi connectivity index (χ3n) is 5.10. The first-order valence-corrected chi connectivity index (χ1v) is 10.8. The van der Waals surface area contributed by atoms with Crippen molar-refractivity contribution in [1.82, 2.24) is 9.88 Å². The van der Waals surface area contributed by atoms with Crippen LogP contribution in [0, 0.1) is 13.8 Å². The van der Waals surface area contributed by atoms with Crippen LogP contribution in [0.4, 0.5) is 5.13 Å². The van der Waals surface area contributed by atoms with Crippen LogP contribution in [0.3, 0.4) is 0 Å². The number of hydrogen-bond acceptors (Lipinski definition) is 4. The number of benzene rings is 2. The van der Waals surface area contributed by atoms with Gasteiger partial charge in [-0.1, -0.05) is 42.9 Å². The maximum Gasteiger partial charge on any atom is 0.260 e. The highest BCUT2D eigenvalue weighted by Crippen LogP contribution is 2.31. The summed E-state index contributed by atoms with van der Waals surface area (Å²) in [6.45, 7) is 11.7. The summed E-state index contributed by atoms with van der Waals surface area (Å²) in [5.41, 5.74) is 3.86. The Labute approximate surface area is 175 Å². The van der Waals surface area contributed by atoms with Gasteiger partial charge in [0.15, 0.2) is 5.13 Å². The van der Waals surface area contributed by atoms with Gasteiger partial charge in [0.25, 0.3) is 5.91 Å². The van der Waals surface area contributed by atoms with Crippen LogP contribution in [-0.4, -0.2) is 42.0 Å². The fourth-order valence-corrected chi connectivity index (χ4v) is 4.36. The van der Waals surface area contributed by atoms with Gasteiger partial charge in [-0.15, -0.1) is 0 Å². The van der Waals surface area contributed by atoms with E-state index >= 15 is 0 Å².